The summed E-state index contributed by atoms with van der Waals surface area (Å²) in [5, 5.41) is 0. The van der Waals surface area contributed by atoms with Gasteiger partial charge in [0.25, 0.3) is 0 Å². The van der Waals surface area contributed by atoms with Gasteiger partial charge in [0.2, 0.25) is 0 Å². The molecule has 1 unspecified atom stereocenters. The maximum absolute atomic E-state index is 12.4. The predicted molar refractivity (Wildman–Crippen MR) is 132 cm³/mol. The van der Waals surface area contributed by atoms with E-state index in [1.165, 1.54) is 32.1 Å². The second-order valence-electron chi connectivity index (χ2n) is 14.4. The number of epoxide rings is 2. The van der Waals surface area contributed by atoms with Crippen molar-refractivity contribution in [2.45, 2.75) is 136 Å². The van der Waals surface area contributed by atoms with Gasteiger partial charge in [-0.1, -0.05) is 41.5 Å². The Bertz CT molecular complexity index is 879. The highest BCUT2D eigenvalue weighted by atomic mass is 16.6. The summed E-state index contributed by atoms with van der Waals surface area (Å²) in [5.41, 5.74) is 0.697. The van der Waals surface area contributed by atoms with E-state index in [1.807, 2.05) is 0 Å². The molecule has 0 aromatic heterocycles. The fraction of sp³-hybridized carbons (Fsp3) is 0.967. The number of ether oxygens (including phenoxy) is 3. The molecule has 192 valence electrons. The minimum absolute atomic E-state index is 0.00140. The number of fused-ring (bicyclic) bond motifs is 2. The average Bonchev–Trinajstić information content (AvgIpc) is 3.67. The molecule has 0 radical (unpaired) electrons. The molecular formula is C30H48O4. The van der Waals surface area contributed by atoms with Crippen LogP contribution in [0, 0.1) is 39.9 Å². The molecule has 0 aromatic carbocycles. The Labute approximate surface area is 207 Å². The molecule has 3 heterocycles. The summed E-state index contributed by atoms with van der Waals surface area (Å²) in [6, 6.07) is 0. The summed E-state index contributed by atoms with van der Waals surface area (Å²) >= 11 is 0. The van der Waals surface area contributed by atoms with Crippen LogP contribution in [0.15, 0.2) is 0 Å². The lowest BCUT2D eigenvalue weighted by molar-refractivity contribution is -0.151. The molecule has 0 N–H and O–H groups in total. The fourth-order valence-corrected chi connectivity index (χ4v) is 10.8. The maximum Gasteiger partial charge on any atom is 0.306 e. The summed E-state index contributed by atoms with van der Waals surface area (Å²) in [6.45, 7) is 17.9. The molecule has 0 aromatic rings. The molecule has 3 aliphatic carbocycles. The molecule has 10 atom stereocenters. The van der Waals surface area contributed by atoms with E-state index < -0.39 is 0 Å². The molecule has 3 aliphatic heterocycles. The zero-order valence-electron chi connectivity index (χ0n) is 22.8. The van der Waals surface area contributed by atoms with Gasteiger partial charge in [-0.25, -0.2) is 0 Å². The SMILES string of the molecule is CC(C)C1(CC[C@@H](C)[C@H]2CC[C@@]3(C)[C@@]45CC[C@H]6[C@H](C)OC(=O)CC[C@]6(C)[C@]4(CC[C@]23C)O5)CO1. The quantitative estimate of drug-likeness (QED) is 0.330. The first-order valence-corrected chi connectivity index (χ1v) is 14.4. The van der Waals surface area contributed by atoms with Crippen LogP contribution in [0.2, 0.25) is 0 Å². The second-order valence-corrected chi connectivity index (χ2v) is 14.4. The monoisotopic (exact) mass is 472 g/mol. The third-order valence-corrected chi connectivity index (χ3v) is 13.4. The lowest BCUT2D eigenvalue weighted by Gasteiger charge is -2.60. The first-order chi connectivity index (χ1) is 15.9. The molecule has 4 heteroatoms. The molecule has 0 amide bonds. The summed E-state index contributed by atoms with van der Waals surface area (Å²) in [6.07, 6.45) is 11.3. The van der Waals surface area contributed by atoms with Crippen molar-refractivity contribution in [1.82, 2.24) is 0 Å². The predicted octanol–water partition coefficient (Wildman–Crippen LogP) is 6.69. The largest absolute Gasteiger partial charge is 0.462 e. The van der Waals surface area contributed by atoms with Gasteiger partial charge in [-0.3, -0.25) is 4.79 Å². The molecule has 6 fully saturated rings. The molecule has 34 heavy (non-hydrogen) atoms. The van der Waals surface area contributed by atoms with Gasteiger partial charge in [-0.2, -0.15) is 0 Å². The van der Waals surface area contributed by atoms with E-state index in [2.05, 4.69) is 48.5 Å². The van der Waals surface area contributed by atoms with Gasteiger partial charge in [0, 0.05) is 23.2 Å². The summed E-state index contributed by atoms with van der Waals surface area (Å²) in [4.78, 5) is 12.4. The lowest BCUT2D eigenvalue weighted by Crippen LogP contribution is -2.63. The van der Waals surface area contributed by atoms with Gasteiger partial charge < -0.3 is 14.2 Å². The minimum atomic E-state index is -0.0545. The number of carbonyl (C=O) groups excluding carboxylic acids is 1. The average molecular weight is 473 g/mol. The number of esters is 1. The van der Waals surface area contributed by atoms with Crippen LogP contribution in [0.4, 0.5) is 0 Å². The number of hydrogen-bond donors (Lipinski definition) is 0. The summed E-state index contributed by atoms with van der Waals surface area (Å²) < 4.78 is 19.0. The zero-order valence-corrected chi connectivity index (χ0v) is 22.8. The van der Waals surface area contributed by atoms with E-state index in [1.54, 1.807) is 0 Å². The molecule has 0 spiro atoms. The van der Waals surface area contributed by atoms with Crippen molar-refractivity contribution < 1.29 is 19.0 Å². The molecule has 6 rings (SSSR count). The minimum Gasteiger partial charge on any atom is -0.462 e. The van der Waals surface area contributed by atoms with Crippen LogP contribution in [0.3, 0.4) is 0 Å². The number of cyclic esters (lactones) is 1. The third-order valence-electron chi connectivity index (χ3n) is 13.4. The molecule has 3 saturated carbocycles. The van der Waals surface area contributed by atoms with E-state index in [-0.39, 0.29) is 39.7 Å². The first kappa shape index (κ1) is 23.8. The van der Waals surface area contributed by atoms with Crippen molar-refractivity contribution in [2.75, 3.05) is 6.61 Å². The van der Waals surface area contributed by atoms with E-state index in [0.29, 0.717) is 23.7 Å². The third kappa shape index (κ3) is 2.61. The van der Waals surface area contributed by atoms with E-state index in [4.69, 9.17) is 14.2 Å². The van der Waals surface area contributed by atoms with Crippen molar-refractivity contribution in [3.8, 4) is 0 Å². The van der Waals surface area contributed by atoms with Gasteiger partial charge in [-0.05, 0) is 87.9 Å². The molecule has 6 aliphatic rings. The first-order valence-electron chi connectivity index (χ1n) is 14.4. The van der Waals surface area contributed by atoms with Crippen molar-refractivity contribution >= 4 is 5.97 Å². The number of rotatable bonds is 5. The number of hydrogen-bond acceptors (Lipinski definition) is 4. The fourth-order valence-electron chi connectivity index (χ4n) is 10.8. The van der Waals surface area contributed by atoms with Crippen LogP contribution in [-0.2, 0) is 19.0 Å². The Balaban J connectivity index is 1.27. The van der Waals surface area contributed by atoms with Crippen LogP contribution >= 0.6 is 0 Å². The van der Waals surface area contributed by atoms with Crippen molar-refractivity contribution in [2.24, 2.45) is 39.9 Å². The Morgan fingerprint density at radius 2 is 1.68 bits per heavy atom. The summed E-state index contributed by atoms with van der Waals surface area (Å²) in [5.74, 6) is 2.52. The maximum atomic E-state index is 12.4. The Hall–Kier alpha value is -0.610. The van der Waals surface area contributed by atoms with Gasteiger partial charge in [0.1, 0.15) is 17.3 Å². The Morgan fingerprint density at radius 1 is 0.941 bits per heavy atom. The highest BCUT2D eigenvalue weighted by molar-refractivity contribution is 5.70. The van der Waals surface area contributed by atoms with Crippen molar-refractivity contribution in [3.63, 3.8) is 0 Å². The lowest BCUT2D eigenvalue weighted by atomic mass is 9.41. The van der Waals surface area contributed by atoms with Gasteiger partial charge in [0.15, 0.2) is 0 Å². The molecule has 0 bridgehead atoms. The molecule has 3 saturated heterocycles. The van der Waals surface area contributed by atoms with Crippen LogP contribution in [-0.4, -0.2) is 35.5 Å². The van der Waals surface area contributed by atoms with Crippen LogP contribution < -0.4 is 0 Å². The van der Waals surface area contributed by atoms with Crippen LogP contribution in [0.5, 0.6) is 0 Å². The van der Waals surface area contributed by atoms with E-state index >= 15 is 0 Å². The standard InChI is InChI=1S/C30H48O4/c1-19(2)28(18-32-28)14-8-20(3)22-9-13-27(7)25(22,5)16-17-29-26(6)12-11-24(31)33-21(4)23(26)10-15-30(27,29)34-29/h19-23H,8-18H2,1-7H3/t20-,21+,22-,23+,25-,26+,27-,28?,29+,30+/m1/s1. The smallest absolute Gasteiger partial charge is 0.306 e. The normalized spacial score (nSPS) is 56.5. The van der Waals surface area contributed by atoms with E-state index in [0.717, 1.165) is 44.1 Å². The van der Waals surface area contributed by atoms with Crippen LogP contribution in [0.1, 0.15) is 113 Å². The Kier molecular flexibility index (Phi) is 4.91. The molecule has 4 nitrogen and oxygen atoms in total. The topological polar surface area (TPSA) is 51.4 Å². The number of carbonyl (C=O) groups is 1. The highest BCUT2D eigenvalue weighted by Gasteiger charge is 2.89. The zero-order chi connectivity index (χ0) is 24.4. The Morgan fingerprint density at radius 3 is 2.35 bits per heavy atom. The van der Waals surface area contributed by atoms with Gasteiger partial charge in [-0.15, -0.1) is 0 Å². The van der Waals surface area contributed by atoms with Crippen molar-refractivity contribution in [1.29, 1.82) is 0 Å². The van der Waals surface area contributed by atoms with Crippen LogP contribution in [0.25, 0.3) is 0 Å². The van der Waals surface area contributed by atoms with Gasteiger partial charge >= 0.3 is 5.97 Å². The second kappa shape index (κ2) is 7.03. The van der Waals surface area contributed by atoms with E-state index in [9.17, 15) is 4.79 Å². The molecular weight excluding hydrogens is 424 g/mol. The highest BCUT2D eigenvalue weighted by Crippen LogP contribution is 2.85. The van der Waals surface area contributed by atoms with Crippen molar-refractivity contribution in [3.05, 3.63) is 0 Å². The summed E-state index contributed by atoms with van der Waals surface area (Å²) in [7, 11) is 0. The van der Waals surface area contributed by atoms with Gasteiger partial charge in [0.05, 0.1) is 12.2 Å².